The van der Waals surface area contributed by atoms with E-state index in [1.165, 1.54) is 0 Å². The lowest BCUT2D eigenvalue weighted by molar-refractivity contribution is -0.130. The van der Waals surface area contributed by atoms with E-state index < -0.39 is 5.97 Å². The maximum Gasteiger partial charge on any atom is 0.338 e. The molecule has 0 aliphatic carbocycles. The second-order valence-corrected chi connectivity index (χ2v) is 5.77. The Morgan fingerprint density at radius 3 is 1.79 bits per heavy atom. The number of esters is 1. The van der Waals surface area contributed by atoms with Crippen LogP contribution in [0.3, 0.4) is 0 Å². The number of allylic oxidation sites excluding steroid dienone is 1. The van der Waals surface area contributed by atoms with Crippen molar-refractivity contribution in [1.82, 2.24) is 0 Å². The molecule has 24 heavy (non-hydrogen) atoms. The Morgan fingerprint density at radius 2 is 1.33 bits per heavy atom. The second kappa shape index (κ2) is 7.55. The van der Waals surface area contributed by atoms with Crippen molar-refractivity contribution in [3.8, 4) is 16.9 Å². The quantitative estimate of drug-likeness (QED) is 0.446. The first-order valence-corrected chi connectivity index (χ1v) is 7.62. The summed E-state index contributed by atoms with van der Waals surface area (Å²) >= 11 is 0. The Morgan fingerprint density at radius 1 is 0.833 bits per heavy atom. The van der Waals surface area contributed by atoms with Crippen LogP contribution >= 0.6 is 0 Å². The molecule has 0 bridgehead atoms. The van der Waals surface area contributed by atoms with Gasteiger partial charge < -0.3 is 4.74 Å². The van der Waals surface area contributed by atoms with Crippen LogP contribution in [0.25, 0.3) is 11.1 Å². The van der Waals surface area contributed by atoms with Gasteiger partial charge in [-0.2, -0.15) is 0 Å². The highest BCUT2D eigenvalue weighted by Crippen LogP contribution is 2.23. The molecule has 0 amide bonds. The first kappa shape index (κ1) is 17.4. The Kier molecular flexibility index (Phi) is 5.48. The molecule has 0 atom stereocenters. The molecule has 0 fully saturated rings. The minimum absolute atomic E-state index is 0.0476. The van der Waals surface area contributed by atoms with E-state index in [0.29, 0.717) is 23.3 Å². The third-order valence-corrected chi connectivity index (χ3v) is 3.54. The second-order valence-electron chi connectivity index (χ2n) is 5.77. The van der Waals surface area contributed by atoms with Crippen molar-refractivity contribution in [2.24, 2.45) is 0 Å². The van der Waals surface area contributed by atoms with Gasteiger partial charge in [-0.1, -0.05) is 49.6 Å². The summed E-state index contributed by atoms with van der Waals surface area (Å²) in [5.41, 5.74) is 3.92. The van der Waals surface area contributed by atoms with E-state index in [1.807, 2.05) is 36.4 Å². The average Bonchev–Trinajstić information content (AvgIpc) is 2.56. The summed E-state index contributed by atoms with van der Waals surface area (Å²) in [7, 11) is 0. The van der Waals surface area contributed by atoms with Gasteiger partial charge >= 0.3 is 5.97 Å². The summed E-state index contributed by atoms with van der Waals surface area (Å²) < 4.78 is 5.17. The number of ketones is 1. The number of ether oxygens (including phenoxy) is 1. The average molecular weight is 320 g/mol. The molecule has 0 spiro atoms. The highest BCUT2D eigenvalue weighted by molar-refractivity contribution is 5.95. The monoisotopic (exact) mass is 320 g/mol. The van der Waals surface area contributed by atoms with Crippen LogP contribution in [0.2, 0.25) is 0 Å². The molecule has 0 radical (unpaired) electrons. The van der Waals surface area contributed by atoms with Gasteiger partial charge in [-0.25, -0.2) is 4.79 Å². The normalized spacial score (nSPS) is 10.1. The number of hydrogen-bond acceptors (Lipinski definition) is 3. The van der Waals surface area contributed by atoms with E-state index in [0.717, 1.165) is 16.7 Å². The molecular weight excluding hydrogens is 300 g/mol. The fraction of sp³-hybridized carbons (Fsp3) is 0.143. The van der Waals surface area contributed by atoms with Gasteiger partial charge in [-0.15, -0.1) is 0 Å². The molecule has 0 N–H and O–H groups in total. The lowest BCUT2D eigenvalue weighted by Crippen LogP contribution is -2.07. The Balaban J connectivity index is 2.09. The number of carbonyl (C=O) groups is 2. The van der Waals surface area contributed by atoms with Crippen LogP contribution < -0.4 is 4.74 Å². The number of Topliss-reactive ketones (excluding diaryl/α,β-unsaturated/α-hetero) is 1. The molecule has 0 aromatic heterocycles. The molecule has 3 nitrogen and oxygen atoms in total. The molecule has 2 rings (SSSR count). The van der Waals surface area contributed by atoms with Crippen molar-refractivity contribution in [2.75, 3.05) is 0 Å². The fourth-order valence-electron chi connectivity index (χ4n) is 2.06. The first-order valence-electron chi connectivity index (χ1n) is 7.62. The van der Waals surface area contributed by atoms with Crippen molar-refractivity contribution >= 4 is 11.8 Å². The number of carbonyl (C=O) groups excluding carboxylic acids is 2. The SMILES string of the molecule is C=C(C)C(=O)Cc1ccc(-c2ccc(OC(=O)C(=C)C)cc2)cc1. The summed E-state index contributed by atoms with van der Waals surface area (Å²) in [5.74, 6) is 0.0936. The van der Waals surface area contributed by atoms with Crippen LogP contribution in [0, 0.1) is 0 Å². The van der Waals surface area contributed by atoms with Gasteiger partial charge in [-0.3, -0.25) is 4.79 Å². The maximum absolute atomic E-state index is 11.7. The summed E-state index contributed by atoms with van der Waals surface area (Å²) in [4.78, 5) is 23.2. The zero-order chi connectivity index (χ0) is 17.7. The summed E-state index contributed by atoms with van der Waals surface area (Å²) in [6, 6.07) is 15.1. The van der Waals surface area contributed by atoms with Gasteiger partial charge in [0.1, 0.15) is 5.75 Å². The summed E-state index contributed by atoms with van der Waals surface area (Å²) in [6.07, 6.45) is 0.366. The Labute approximate surface area is 142 Å². The molecule has 122 valence electrons. The van der Waals surface area contributed by atoms with Crippen LogP contribution in [0.15, 0.2) is 72.8 Å². The van der Waals surface area contributed by atoms with Crippen LogP contribution in [-0.4, -0.2) is 11.8 Å². The Bertz CT molecular complexity index is 711. The van der Waals surface area contributed by atoms with Crippen molar-refractivity contribution in [1.29, 1.82) is 0 Å². The molecule has 0 saturated heterocycles. The Hall–Kier alpha value is -2.94. The predicted molar refractivity (Wildman–Crippen MR) is 95.9 cm³/mol. The van der Waals surface area contributed by atoms with Gasteiger partial charge in [0.25, 0.3) is 0 Å². The molecule has 2 aromatic rings. The van der Waals surface area contributed by atoms with Crippen LogP contribution in [0.4, 0.5) is 0 Å². The minimum atomic E-state index is -0.436. The molecule has 3 heteroatoms. The van der Waals surface area contributed by atoms with Gasteiger partial charge in [0.15, 0.2) is 5.78 Å². The van der Waals surface area contributed by atoms with Gasteiger partial charge in [0.2, 0.25) is 0 Å². The zero-order valence-electron chi connectivity index (χ0n) is 14.0. The standard InChI is InChI=1S/C21H20O3/c1-14(2)20(22)13-16-5-7-17(8-6-16)18-9-11-19(12-10-18)24-21(23)15(3)4/h5-12H,1,3,13H2,2,4H3. The molecule has 0 heterocycles. The van der Waals surface area contributed by atoms with Crippen molar-refractivity contribution in [3.63, 3.8) is 0 Å². The summed E-state index contributed by atoms with van der Waals surface area (Å²) in [6.45, 7) is 10.5. The topological polar surface area (TPSA) is 43.4 Å². The van der Waals surface area contributed by atoms with E-state index in [1.54, 1.807) is 26.0 Å². The highest BCUT2D eigenvalue weighted by Gasteiger charge is 2.07. The molecule has 0 unspecified atom stereocenters. The predicted octanol–water partition coefficient (Wildman–Crippen LogP) is 4.52. The first-order chi connectivity index (χ1) is 11.4. The van der Waals surface area contributed by atoms with Crippen molar-refractivity contribution in [2.45, 2.75) is 20.3 Å². The van der Waals surface area contributed by atoms with E-state index in [9.17, 15) is 9.59 Å². The van der Waals surface area contributed by atoms with Gasteiger partial charge in [-0.05, 0) is 48.2 Å². The van der Waals surface area contributed by atoms with Gasteiger partial charge in [0, 0.05) is 12.0 Å². The van der Waals surface area contributed by atoms with Crippen LogP contribution in [0.1, 0.15) is 19.4 Å². The summed E-state index contributed by atoms with van der Waals surface area (Å²) in [5, 5.41) is 0. The number of rotatable bonds is 6. The lowest BCUT2D eigenvalue weighted by Gasteiger charge is -2.07. The largest absolute Gasteiger partial charge is 0.423 e. The van der Waals surface area contributed by atoms with Crippen LogP contribution in [0.5, 0.6) is 5.75 Å². The van der Waals surface area contributed by atoms with E-state index in [2.05, 4.69) is 13.2 Å². The minimum Gasteiger partial charge on any atom is -0.423 e. The number of benzene rings is 2. The van der Waals surface area contributed by atoms with Gasteiger partial charge in [0.05, 0.1) is 0 Å². The zero-order valence-corrected chi connectivity index (χ0v) is 14.0. The van der Waals surface area contributed by atoms with Crippen molar-refractivity contribution in [3.05, 3.63) is 78.4 Å². The number of hydrogen-bond donors (Lipinski definition) is 0. The van der Waals surface area contributed by atoms with Crippen molar-refractivity contribution < 1.29 is 14.3 Å². The molecule has 0 saturated carbocycles. The van der Waals surface area contributed by atoms with E-state index >= 15 is 0 Å². The molecule has 0 aliphatic heterocycles. The van der Waals surface area contributed by atoms with E-state index in [4.69, 9.17) is 4.74 Å². The third kappa shape index (κ3) is 4.53. The lowest BCUT2D eigenvalue weighted by atomic mass is 10.0. The smallest absolute Gasteiger partial charge is 0.338 e. The fourth-order valence-corrected chi connectivity index (χ4v) is 2.06. The maximum atomic E-state index is 11.7. The molecule has 2 aromatic carbocycles. The molecule has 0 aliphatic rings. The van der Waals surface area contributed by atoms with Crippen LogP contribution in [-0.2, 0) is 16.0 Å². The third-order valence-electron chi connectivity index (χ3n) is 3.54. The highest BCUT2D eigenvalue weighted by atomic mass is 16.5. The molecular formula is C21H20O3. The van der Waals surface area contributed by atoms with E-state index in [-0.39, 0.29) is 5.78 Å².